The summed E-state index contributed by atoms with van der Waals surface area (Å²) in [5.41, 5.74) is 0. The third-order valence-electron chi connectivity index (χ3n) is 4.58. The Bertz CT molecular complexity index is 372. The molecule has 0 spiro atoms. The van der Waals surface area contributed by atoms with Gasteiger partial charge in [-0.3, -0.25) is 0 Å². The van der Waals surface area contributed by atoms with Crippen molar-refractivity contribution >= 4 is 0 Å². The Morgan fingerprint density at radius 2 is 2.16 bits per heavy atom. The first kappa shape index (κ1) is 14.6. The van der Waals surface area contributed by atoms with Gasteiger partial charge in [0.2, 0.25) is 0 Å². The van der Waals surface area contributed by atoms with Crippen LogP contribution in [0.2, 0.25) is 0 Å². The number of hydrogen-bond acceptors (Lipinski definition) is 2. The van der Waals surface area contributed by atoms with E-state index in [-0.39, 0.29) is 0 Å². The molecule has 0 bridgehead atoms. The minimum Gasteiger partial charge on any atom is -0.330 e. The highest BCUT2D eigenvalue weighted by atomic mass is 15.1. The third kappa shape index (κ3) is 3.38. The molecule has 108 valence electrons. The van der Waals surface area contributed by atoms with Gasteiger partial charge in [-0.15, -0.1) is 0 Å². The molecule has 0 amide bonds. The zero-order chi connectivity index (χ0) is 13.7. The summed E-state index contributed by atoms with van der Waals surface area (Å²) in [7, 11) is 0. The maximum absolute atomic E-state index is 4.51. The summed E-state index contributed by atoms with van der Waals surface area (Å²) in [4.78, 5) is 4.51. The van der Waals surface area contributed by atoms with Gasteiger partial charge in [-0.25, -0.2) is 4.98 Å². The maximum atomic E-state index is 4.51. The number of rotatable bonds is 6. The van der Waals surface area contributed by atoms with Gasteiger partial charge < -0.3 is 9.88 Å². The lowest BCUT2D eigenvalue weighted by atomic mass is 9.80. The van der Waals surface area contributed by atoms with E-state index in [2.05, 4.69) is 41.8 Å². The molecule has 1 aromatic heterocycles. The molecular weight excluding hydrogens is 234 g/mol. The summed E-state index contributed by atoms with van der Waals surface area (Å²) >= 11 is 0. The zero-order valence-corrected chi connectivity index (χ0v) is 12.7. The van der Waals surface area contributed by atoms with Gasteiger partial charge in [-0.2, -0.15) is 0 Å². The molecule has 0 radical (unpaired) electrons. The lowest BCUT2D eigenvalue weighted by Gasteiger charge is -2.38. The van der Waals surface area contributed by atoms with Gasteiger partial charge in [0.1, 0.15) is 5.82 Å². The largest absolute Gasteiger partial charge is 0.330 e. The van der Waals surface area contributed by atoms with Gasteiger partial charge >= 0.3 is 0 Å². The Kier molecular flexibility index (Phi) is 5.44. The number of nitrogens with zero attached hydrogens (tertiary/aromatic N) is 2. The van der Waals surface area contributed by atoms with E-state index in [1.165, 1.54) is 37.9 Å². The van der Waals surface area contributed by atoms with E-state index in [0.29, 0.717) is 12.1 Å². The molecule has 0 saturated heterocycles. The summed E-state index contributed by atoms with van der Waals surface area (Å²) in [6.07, 6.45) is 11.7. The molecular formula is C16H29N3. The van der Waals surface area contributed by atoms with Gasteiger partial charge in [0.05, 0.1) is 6.04 Å². The van der Waals surface area contributed by atoms with E-state index < -0.39 is 0 Å². The fourth-order valence-electron chi connectivity index (χ4n) is 3.40. The maximum Gasteiger partial charge on any atom is 0.108 e. The van der Waals surface area contributed by atoms with Gasteiger partial charge in [-0.1, -0.05) is 27.2 Å². The van der Waals surface area contributed by atoms with Crippen LogP contribution in [0.5, 0.6) is 0 Å². The molecule has 1 aliphatic carbocycles. The second kappa shape index (κ2) is 7.09. The highest BCUT2D eigenvalue weighted by Gasteiger charge is 2.31. The van der Waals surface area contributed by atoms with E-state index in [0.717, 1.165) is 18.9 Å². The predicted molar refractivity (Wildman–Crippen MR) is 80.4 cm³/mol. The molecule has 1 fully saturated rings. The van der Waals surface area contributed by atoms with Gasteiger partial charge in [-0.05, 0) is 38.1 Å². The molecule has 3 nitrogen and oxygen atoms in total. The van der Waals surface area contributed by atoms with Crippen LogP contribution in [0.3, 0.4) is 0 Å². The smallest absolute Gasteiger partial charge is 0.108 e. The van der Waals surface area contributed by atoms with Crippen molar-refractivity contribution in [3.8, 4) is 0 Å². The SMILES string of the molecule is CCCNC1CCC(CC)CC1n1ccnc1CC. The second-order valence-electron chi connectivity index (χ2n) is 5.82. The Morgan fingerprint density at radius 3 is 2.84 bits per heavy atom. The van der Waals surface area contributed by atoms with Crippen molar-refractivity contribution < 1.29 is 0 Å². The molecule has 1 aromatic rings. The van der Waals surface area contributed by atoms with Gasteiger partial charge in [0.25, 0.3) is 0 Å². The average molecular weight is 263 g/mol. The quantitative estimate of drug-likeness (QED) is 0.850. The van der Waals surface area contributed by atoms with Crippen LogP contribution in [0.15, 0.2) is 12.4 Å². The van der Waals surface area contributed by atoms with E-state index in [4.69, 9.17) is 0 Å². The highest BCUT2D eigenvalue weighted by Crippen LogP contribution is 2.35. The minimum atomic E-state index is 0.600. The summed E-state index contributed by atoms with van der Waals surface area (Å²) < 4.78 is 2.44. The van der Waals surface area contributed by atoms with Crippen molar-refractivity contribution in [2.45, 2.75) is 71.4 Å². The number of aryl methyl sites for hydroxylation is 1. The number of hydrogen-bond donors (Lipinski definition) is 1. The topological polar surface area (TPSA) is 29.9 Å². The van der Waals surface area contributed by atoms with Crippen molar-refractivity contribution in [3.05, 3.63) is 18.2 Å². The zero-order valence-electron chi connectivity index (χ0n) is 12.7. The first-order valence-corrected chi connectivity index (χ1v) is 8.05. The van der Waals surface area contributed by atoms with Crippen LogP contribution >= 0.6 is 0 Å². The average Bonchev–Trinajstić information content (AvgIpc) is 2.93. The predicted octanol–water partition coefficient (Wildman–Crippen LogP) is 3.56. The van der Waals surface area contributed by atoms with E-state index >= 15 is 0 Å². The van der Waals surface area contributed by atoms with Crippen molar-refractivity contribution in [1.82, 2.24) is 14.9 Å². The van der Waals surface area contributed by atoms with Gasteiger partial charge in [0.15, 0.2) is 0 Å². The summed E-state index contributed by atoms with van der Waals surface area (Å²) in [6, 6.07) is 1.23. The van der Waals surface area contributed by atoms with E-state index in [1.54, 1.807) is 0 Å². The van der Waals surface area contributed by atoms with Crippen LogP contribution in [0.4, 0.5) is 0 Å². The van der Waals surface area contributed by atoms with Crippen molar-refractivity contribution in [1.29, 1.82) is 0 Å². The molecule has 1 aliphatic rings. The Balaban J connectivity index is 2.14. The molecule has 19 heavy (non-hydrogen) atoms. The second-order valence-corrected chi connectivity index (χ2v) is 5.82. The molecule has 1 N–H and O–H groups in total. The van der Waals surface area contributed by atoms with Crippen molar-refractivity contribution in [3.63, 3.8) is 0 Å². The number of aromatic nitrogens is 2. The molecule has 2 rings (SSSR count). The number of imidazole rings is 1. The molecule has 1 saturated carbocycles. The lowest BCUT2D eigenvalue weighted by Crippen LogP contribution is -2.42. The minimum absolute atomic E-state index is 0.600. The van der Waals surface area contributed by atoms with Crippen LogP contribution in [-0.4, -0.2) is 22.1 Å². The molecule has 0 aliphatic heterocycles. The van der Waals surface area contributed by atoms with Crippen LogP contribution in [0.25, 0.3) is 0 Å². The van der Waals surface area contributed by atoms with Crippen LogP contribution in [0.1, 0.15) is 64.7 Å². The Labute approximate surface area is 117 Å². The number of nitrogens with one attached hydrogen (secondary N) is 1. The van der Waals surface area contributed by atoms with Crippen LogP contribution < -0.4 is 5.32 Å². The van der Waals surface area contributed by atoms with E-state index in [9.17, 15) is 0 Å². The summed E-state index contributed by atoms with van der Waals surface area (Å²) in [5.74, 6) is 2.13. The van der Waals surface area contributed by atoms with Gasteiger partial charge in [0, 0.05) is 24.9 Å². The Hall–Kier alpha value is -0.830. The third-order valence-corrected chi connectivity index (χ3v) is 4.58. The first-order valence-electron chi connectivity index (χ1n) is 8.05. The van der Waals surface area contributed by atoms with Crippen molar-refractivity contribution in [2.75, 3.05) is 6.54 Å². The monoisotopic (exact) mass is 263 g/mol. The normalized spacial score (nSPS) is 27.6. The lowest BCUT2D eigenvalue weighted by molar-refractivity contribution is 0.199. The molecule has 0 aromatic carbocycles. The molecule has 3 heteroatoms. The molecule has 3 unspecified atom stereocenters. The Morgan fingerprint density at radius 1 is 1.32 bits per heavy atom. The highest BCUT2D eigenvalue weighted by molar-refractivity contribution is 5.00. The molecule has 3 atom stereocenters. The van der Waals surface area contributed by atoms with E-state index in [1.807, 2.05) is 6.20 Å². The van der Waals surface area contributed by atoms with Crippen LogP contribution in [0, 0.1) is 5.92 Å². The summed E-state index contributed by atoms with van der Waals surface area (Å²) in [5, 5.41) is 3.76. The fraction of sp³-hybridized carbons (Fsp3) is 0.812. The summed E-state index contributed by atoms with van der Waals surface area (Å²) in [6.45, 7) is 7.91. The molecule has 1 heterocycles. The fourth-order valence-corrected chi connectivity index (χ4v) is 3.40. The van der Waals surface area contributed by atoms with Crippen molar-refractivity contribution in [2.24, 2.45) is 5.92 Å². The first-order chi connectivity index (χ1) is 9.30. The van der Waals surface area contributed by atoms with Crippen LogP contribution in [-0.2, 0) is 6.42 Å². The standard InChI is InChI=1S/C16H29N3/c1-4-9-17-14-8-7-13(5-2)12-15(14)19-11-10-18-16(19)6-3/h10-11,13-15,17H,4-9,12H2,1-3H3.